The first-order valence-electron chi connectivity index (χ1n) is 11.0. The second kappa shape index (κ2) is 9.35. The predicted octanol–water partition coefficient (Wildman–Crippen LogP) is 5.75. The van der Waals surface area contributed by atoms with Gasteiger partial charge in [0, 0.05) is 58.5 Å². The molecule has 8 nitrogen and oxygen atoms in total. The van der Waals surface area contributed by atoms with E-state index >= 15 is 0 Å². The Morgan fingerprint density at radius 2 is 1.74 bits per heavy atom. The molecule has 0 aliphatic rings. The van der Waals surface area contributed by atoms with E-state index in [0.717, 1.165) is 44.2 Å². The van der Waals surface area contributed by atoms with Gasteiger partial charge in [0.25, 0.3) is 5.69 Å². The predicted molar refractivity (Wildman–Crippen MR) is 132 cm³/mol. The smallest absolute Gasteiger partial charge is 0.332 e. The van der Waals surface area contributed by atoms with Crippen LogP contribution in [0.1, 0.15) is 37.5 Å². The van der Waals surface area contributed by atoms with E-state index in [4.69, 9.17) is 9.57 Å². The van der Waals surface area contributed by atoms with Crippen LogP contribution < -0.4 is 4.74 Å². The molecule has 0 N–H and O–H groups in total. The van der Waals surface area contributed by atoms with Gasteiger partial charge in [0.1, 0.15) is 11.5 Å². The summed E-state index contributed by atoms with van der Waals surface area (Å²) < 4.78 is 7.71. The van der Waals surface area contributed by atoms with Crippen LogP contribution in [0.3, 0.4) is 0 Å². The third-order valence-electron chi connectivity index (χ3n) is 5.68. The molecule has 0 saturated heterocycles. The lowest BCUT2D eigenvalue weighted by atomic mass is 9.96. The SMILES string of the molecule is CCOc1ccc(/C(=N\OC(C)=O)c2ccc3c(c2)c2cc([N+](=O)[O-])ccc2n3CC)c(C)c1. The molecule has 0 unspecified atom stereocenters. The van der Waals surface area contributed by atoms with E-state index in [1.165, 1.54) is 13.0 Å². The van der Waals surface area contributed by atoms with Gasteiger partial charge in [0.05, 0.1) is 11.5 Å². The molecule has 0 aliphatic heterocycles. The van der Waals surface area contributed by atoms with Crippen molar-refractivity contribution in [2.45, 2.75) is 34.2 Å². The normalized spacial score (nSPS) is 11.7. The minimum absolute atomic E-state index is 0.0317. The number of hydrogen-bond acceptors (Lipinski definition) is 6. The number of aryl methyl sites for hydroxylation is 2. The van der Waals surface area contributed by atoms with E-state index in [1.54, 1.807) is 12.1 Å². The number of hydrogen-bond donors (Lipinski definition) is 0. The second-order valence-electron chi connectivity index (χ2n) is 7.87. The van der Waals surface area contributed by atoms with Crippen molar-refractivity contribution in [2.24, 2.45) is 5.16 Å². The molecule has 0 saturated carbocycles. The topological polar surface area (TPSA) is 96.0 Å². The number of aromatic nitrogens is 1. The Morgan fingerprint density at radius 3 is 2.35 bits per heavy atom. The maximum absolute atomic E-state index is 11.5. The van der Waals surface area contributed by atoms with Crippen LogP contribution >= 0.6 is 0 Å². The zero-order valence-electron chi connectivity index (χ0n) is 19.5. The summed E-state index contributed by atoms with van der Waals surface area (Å²) >= 11 is 0. The molecule has 0 fully saturated rings. The largest absolute Gasteiger partial charge is 0.494 e. The zero-order valence-corrected chi connectivity index (χ0v) is 19.5. The van der Waals surface area contributed by atoms with Crippen LogP contribution in [0.25, 0.3) is 21.8 Å². The number of oxime groups is 1. The highest BCUT2D eigenvalue weighted by molar-refractivity contribution is 6.17. The van der Waals surface area contributed by atoms with Crippen molar-refractivity contribution >= 4 is 39.2 Å². The summed E-state index contributed by atoms with van der Waals surface area (Å²) in [6.07, 6.45) is 0. The first-order valence-corrected chi connectivity index (χ1v) is 11.0. The highest BCUT2D eigenvalue weighted by Gasteiger charge is 2.18. The fourth-order valence-electron chi connectivity index (χ4n) is 4.22. The van der Waals surface area contributed by atoms with Crippen LogP contribution in [0, 0.1) is 17.0 Å². The molecule has 0 bridgehead atoms. The molecule has 1 heterocycles. The molecule has 0 spiro atoms. The molecule has 4 aromatic rings. The van der Waals surface area contributed by atoms with Crippen LogP contribution in [0.5, 0.6) is 5.75 Å². The number of carbonyl (C=O) groups excluding carboxylic acids is 1. The maximum atomic E-state index is 11.5. The number of nitrogens with zero attached hydrogens (tertiary/aromatic N) is 3. The van der Waals surface area contributed by atoms with Gasteiger partial charge in [-0.15, -0.1) is 0 Å². The number of ether oxygens (including phenoxy) is 1. The number of fused-ring (bicyclic) bond motifs is 3. The molecule has 0 aliphatic carbocycles. The number of non-ortho nitro benzene ring substituents is 1. The Balaban J connectivity index is 1.94. The number of nitro groups is 1. The maximum Gasteiger partial charge on any atom is 0.332 e. The summed E-state index contributed by atoms with van der Waals surface area (Å²) in [5, 5.41) is 17.2. The third kappa shape index (κ3) is 4.22. The first kappa shape index (κ1) is 23.0. The van der Waals surface area contributed by atoms with Gasteiger partial charge in [-0.1, -0.05) is 11.2 Å². The molecule has 0 radical (unpaired) electrons. The lowest BCUT2D eigenvalue weighted by Crippen LogP contribution is -2.08. The molecule has 34 heavy (non-hydrogen) atoms. The highest BCUT2D eigenvalue weighted by Crippen LogP contribution is 2.33. The molecule has 174 valence electrons. The second-order valence-corrected chi connectivity index (χ2v) is 7.87. The van der Waals surface area contributed by atoms with Gasteiger partial charge in [0.15, 0.2) is 0 Å². The van der Waals surface area contributed by atoms with E-state index in [2.05, 4.69) is 9.72 Å². The standard InChI is InChI=1S/C26H25N3O5/c1-5-28-24-11-7-18(14-22(24)23-15-19(29(31)32)8-12-25(23)28)26(27-34-17(4)30)21-10-9-20(33-6-2)13-16(21)3/h7-15H,5-6H2,1-4H3/b27-26-. The van der Waals surface area contributed by atoms with E-state index in [1.807, 2.05) is 57.2 Å². The molecule has 1 aromatic heterocycles. The average molecular weight is 460 g/mol. The zero-order chi connectivity index (χ0) is 24.4. The summed E-state index contributed by atoms with van der Waals surface area (Å²) in [7, 11) is 0. The number of rotatable bonds is 7. The molecule has 4 rings (SSSR count). The van der Waals surface area contributed by atoms with Crippen LogP contribution in [0.4, 0.5) is 5.69 Å². The van der Waals surface area contributed by atoms with E-state index in [9.17, 15) is 14.9 Å². The lowest BCUT2D eigenvalue weighted by molar-refractivity contribution is -0.384. The molecular weight excluding hydrogens is 434 g/mol. The average Bonchev–Trinajstić information content (AvgIpc) is 3.12. The van der Waals surface area contributed by atoms with Gasteiger partial charge in [0.2, 0.25) is 0 Å². The summed E-state index contributed by atoms with van der Waals surface area (Å²) in [4.78, 5) is 27.6. The quantitative estimate of drug-likeness (QED) is 0.152. The van der Waals surface area contributed by atoms with Crippen molar-refractivity contribution in [3.8, 4) is 5.75 Å². The van der Waals surface area contributed by atoms with Crippen molar-refractivity contribution < 1.29 is 19.3 Å². The minimum atomic E-state index is -0.527. The van der Waals surface area contributed by atoms with Crippen molar-refractivity contribution in [2.75, 3.05) is 6.61 Å². The van der Waals surface area contributed by atoms with Crippen molar-refractivity contribution in [3.63, 3.8) is 0 Å². The fourth-order valence-corrected chi connectivity index (χ4v) is 4.22. The highest BCUT2D eigenvalue weighted by atomic mass is 16.7. The lowest BCUT2D eigenvalue weighted by Gasteiger charge is -2.12. The Labute approximate surface area is 196 Å². The summed E-state index contributed by atoms with van der Waals surface area (Å²) in [5.74, 6) is 0.213. The molecule has 0 amide bonds. The first-order chi connectivity index (χ1) is 16.3. The molecular formula is C26H25N3O5. The van der Waals surface area contributed by atoms with Crippen molar-refractivity contribution in [3.05, 3.63) is 81.4 Å². The van der Waals surface area contributed by atoms with E-state index in [-0.39, 0.29) is 5.69 Å². The molecule has 8 heteroatoms. The molecule has 3 aromatic carbocycles. The van der Waals surface area contributed by atoms with Gasteiger partial charge in [-0.05, 0) is 62.7 Å². The van der Waals surface area contributed by atoms with Crippen molar-refractivity contribution in [1.29, 1.82) is 0 Å². The number of benzene rings is 3. The summed E-state index contributed by atoms with van der Waals surface area (Å²) in [6, 6.07) is 16.4. The van der Waals surface area contributed by atoms with Crippen LogP contribution in [-0.2, 0) is 16.2 Å². The number of carbonyl (C=O) groups is 1. The van der Waals surface area contributed by atoms with Crippen LogP contribution in [-0.4, -0.2) is 27.8 Å². The van der Waals surface area contributed by atoms with E-state index in [0.29, 0.717) is 18.9 Å². The summed E-state index contributed by atoms with van der Waals surface area (Å²) in [5.41, 5.74) is 4.80. The van der Waals surface area contributed by atoms with Gasteiger partial charge in [-0.25, -0.2) is 4.79 Å². The van der Waals surface area contributed by atoms with E-state index < -0.39 is 10.9 Å². The van der Waals surface area contributed by atoms with Gasteiger partial charge >= 0.3 is 5.97 Å². The van der Waals surface area contributed by atoms with Gasteiger partial charge in [-0.2, -0.15) is 0 Å². The Kier molecular flexibility index (Phi) is 6.32. The minimum Gasteiger partial charge on any atom is -0.494 e. The molecule has 0 atom stereocenters. The Morgan fingerprint density at radius 1 is 1.03 bits per heavy atom. The fraction of sp³-hybridized carbons (Fsp3) is 0.231. The third-order valence-corrected chi connectivity index (χ3v) is 5.68. The Bertz CT molecular complexity index is 1450. The number of nitro benzene ring substituents is 1. The van der Waals surface area contributed by atoms with Gasteiger partial charge in [-0.3, -0.25) is 10.1 Å². The summed E-state index contributed by atoms with van der Waals surface area (Å²) in [6.45, 7) is 8.45. The van der Waals surface area contributed by atoms with Crippen molar-refractivity contribution in [1.82, 2.24) is 4.57 Å². The Hall–Kier alpha value is -4.20. The monoisotopic (exact) mass is 459 g/mol. The van der Waals surface area contributed by atoms with Crippen LogP contribution in [0.2, 0.25) is 0 Å². The van der Waals surface area contributed by atoms with Gasteiger partial charge < -0.3 is 14.1 Å². The van der Waals surface area contributed by atoms with Crippen LogP contribution in [0.15, 0.2) is 59.8 Å².